The fourth-order valence-electron chi connectivity index (χ4n) is 1.30. The van der Waals surface area contributed by atoms with Gasteiger partial charge in [-0.25, -0.2) is 0 Å². The number of amides is 1. The number of aromatic nitrogens is 1. The Labute approximate surface area is 120 Å². The Morgan fingerprint density at radius 2 is 2.29 bits per heavy atom. The highest BCUT2D eigenvalue weighted by Gasteiger charge is 2.25. The van der Waals surface area contributed by atoms with Crippen LogP contribution in [-0.4, -0.2) is 30.6 Å². The molecule has 0 spiro atoms. The van der Waals surface area contributed by atoms with Gasteiger partial charge in [-0.1, -0.05) is 0 Å². The lowest BCUT2D eigenvalue weighted by atomic mass is 10.2. The second-order valence-electron chi connectivity index (χ2n) is 4.11. The van der Waals surface area contributed by atoms with Gasteiger partial charge in [0.05, 0.1) is 19.0 Å². The number of hydrogen-bond donors (Lipinski definition) is 2. The van der Waals surface area contributed by atoms with Crippen molar-refractivity contribution >= 4 is 5.91 Å². The van der Waals surface area contributed by atoms with Gasteiger partial charge >= 0.3 is 0 Å². The molecule has 1 aromatic rings. The summed E-state index contributed by atoms with van der Waals surface area (Å²) in [6.07, 6.45) is 3.69. The zero-order chi connectivity index (χ0) is 15.7. The Hall–Kier alpha value is -2.38. The first-order chi connectivity index (χ1) is 9.93. The fraction of sp³-hybridized carbons (Fsp3) is 0.385. The summed E-state index contributed by atoms with van der Waals surface area (Å²) in [6, 6.07) is 2.49. The molecule has 0 aliphatic carbocycles. The summed E-state index contributed by atoms with van der Waals surface area (Å²) in [6.45, 7) is 1.09. The van der Waals surface area contributed by atoms with E-state index in [0.717, 1.165) is 19.2 Å². The lowest BCUT2D eigenvalue weighted by Gasteiger charge is -2.10. The number of nitrogens with zero attached hydrogens (tertiary/aromatic N) is 1. The molecule has 0 saturated carbocycles. The number of alkyl halides is 2. The van der Waals surface area contributed by atoms with Crippen LogP contribution in [0.1, 0.15) is 12.6 Å². The number of hydrogen-bond acceptors (Lipinski definition) is 5. The molecule has 1 amide bonds. The summed E-state index contributed by atoms with van der Waals surface area (Å²) in [5.74, 6) is -3.13. The van der Waals surface area contributed by atoms with Gasteiger partial charge in [-0.3, -0.25) is 9.78 Å². The molecule has 0 aliphatic rings. The van der Waals surface area contributed by atoms with Crippen LogP contribution in [-0.2, 0) is 15.5 Å². The Morgan fingerprint density at radius 3 is 2.86 bits per heavy atom. The standard InChI is InChI=1S/C13H17F2N3O3/c1-13(14,15)11-3-2-10(8-18-11)21-9-12(19)17-5-7-20-6-4-16/h2-4,6,8H,5,7,9,16H2,1H3,(H,17,19)/b6-4-. The van der Waals surface area contributed by atoms with Crippen LogP contribution in [0.2, 0.25) is 0 Å². The van der Waals surface area contributed by atoms with E-state index in [9.17, 15) is 13.6 Å². The summed E-state index contributed by atoms with van der Waals surface area (Å²) >= 11 is 0. The Bertz CT molecular complexity index is 473. The molecule has 1 rings (SSSR count). The Balaban J connectivity index is 2.30. The number of carbonyl (C=O) groups excluding carboxylic acids is 1. The summed E-state index contributed by atoms with van der Waals surface area (Å²) in [5, 5.41) is 2.54. The highest BCUT2D eigenvalue weighted by atomic mass is 19.3. The van der Waals surface area contributed by atoms with E-state index < -0.39 is 5.92 Å². The lowest BCUT2D eigenvalue weighted by Crippen LogP contribution is -2.31. The second kappa shape index (κ2) is 8.03. The van der Waals surface area contributed by atoms with Gasteiger partial charge in [0.25, 0.3) is 11.8 Å². The summed E-state index contributed by atoms with van der Waals surface area (Å²) in [4.78, 5) is 15.0. The minimum absolute atomic E-state index is 0.237. The van der Waals surface area contributed by atoms with Crippen molar-refractivity contribution in [3.8, 4) is 5.75 Å². The molecule has 0 aromatic carbocycles. The molecule has 1 aromatic heterocycles. The average molecular weight is 301 g/mol. The van der Waals surface area contributed by atoms with Crippen LogP contribution in [0.4, 0.5) is 8.78 Å². The maximum atomic E-state index is 12.9. The normalized spacial score (nSPS) is 11.4. The second-order valence-corrected chi connectivity index (χ2v) is 4.11. The Kier molecular flexibility index (Phi) is 6.38. The first-order valence-corrected chi connectivity index (χ1v) is 6.15. The SMILES string of the molecule is CC(F)(F)c1ccc(OCC(=O)NCCO/C=C\N)cn1. The minimum Gasteiger partial charge on any atom is -0.498 e. The minimum atomic E-state index is -3.01. The number of rotatable bonds is 8. The third-order valence-corrected chi connectivity index (χ3v) is 2.27. The molecule has 6 nitrogen and oxygen atoms in total. The third-order valence-electron chi connectivity index (χ3n) is 2.27. The summed E-state index contributed by atoms with van der Waals surface area (Å²) in [7, 11) is 0. The molecule has 0 saturated heterocycles. The van der Waals surface area contributed by atoms with Crippen molar-refractivity contribution in [3.63, 3.8) is 0 Å². The van der Waals surface area contributed by atoms with E-state index in [-0.39, 0.29) is 30.6 Å². The maximum absolute atomic E-state index is 12.9. The zero-order valence-electron chi connectivity index (χ0n) is 11.5. The summed E-state index contributed by atoms with van der Waals surface area (Å²) in [5.41, 5.74) is 4.70. The van der Waals surface area contributed by atoms with Crippen molar-refractivity contribution < 1.29 is 23.0 Å². The average Bonchev–Trinajstić information content (AvgIpc) is 2.44. The monoisotopic (exact) mass is 301 g/mol. The molecular weight excluding hydrogens is 284 g/mol. The molecule has 3 N–H and O–H groups in total. The van der Waals surface area contributed by atoms with Crippen molar-refractivity contribution in [2.45, 2.75) is 12.8 Å². The van der Waals surface area contributed by atoms with Crippen LogP contribution in [0.15, 0.2) is 30.8 Å². The summed E-state index contributed by atoms with van der Waals surface area (Å²) < 4.78 is 35.9. The number of nitrogens with one attached hydrogen (secondary N) is 1. The lowest BCUT2D eigenvalue weighted by molar-refractivity contribution is -0.123. The quantitative estimate of drug-likeness (QED) is 0.555. The van der Waals surface area contributed by atoms with Crippen LogP contribution >= 0.6 is 0 Å². The third kappa shape index (κ3) is 6.55. The highest BCUT2D eigenvalue weighted by Crippen LogP contribution is 2.25. The van der Waals surface area contributed by atoms with Crippen molar-refractivity contribution in [3.05, 3.63) is 36.5 Å². The van der Waals surface area contributed by atoms with E-state index in [2.05, 4.69) is 10.3 Å². The zero-order valence-corrected chi connectivity index (χ0v) is 11.5. The van der Waals surface area contributed by atoms with E-state index in [1.807, 2.05) is 0 Å². The van der Waals surface area contributed by atoms with Gasteiger partial charge in [0.2, 0.25) is 0 Å². The first-order valence-electron chi connectivity index (χ1n) is 6.15. The number of nitrogens with two attached hydrogens (primary N) is 1. The molecule has 0 bridgehead atoms. The number of halogens is 2. The molecule has 21 heavy (non-hydrogen) atoms. The largest absolute Gasteiger partial charge is 0.498 e. The van der Waals surface area contributed by atoms with E-state index in [1.165, 1.54) is 18.5 Å². The Morgan fingerprint density at radius 1 is 1.52 bits per heavy atom. The molecule has 116 valence electrons. The van der Waals surface area contributed by atoms with Gasteiger partial charge in [0.1, 0.15) is 18.1 Å². The van der Waals surface area contributed by atoms with Crippen LogP contribution in [0.5, 0.6) is 5.75 Å². The van der Waals surface area contributed by atoms with Gasteiger partial charge in [-0.15, -0.1) is 0 Å². The molecule has 1 heterocycles. The van der Waals surface area contributed by atoms with Crippen molar-refractivity contribution in [1.82, 2.24) is 10.3 Å². The number of ether oxygens (including phenoxy) is 2. The van der Waals surface area contributed by atoms with Gasteiger partial charge in [0, 0.05) is 13.1 Å². The van der Waals surface area contributed by atoms with E-state index >= 15 is 0 Å². The predicted molar refractivity (Wildman–Crippen MR) is 71.6 cm³/mol. The first kappa shape index (κ1) is 16.7. The maximum Gasteiger partial charge on any atom is 0.286 e. The van der Waals surface area contributed by atoms with E-state index in [1.54, 1.807) is 0 Å². The van der Waals surface area contributed by atoms with Crippen LogP contribution in [0.25, 0.3) is 0 Å². The molecule has 0 atom stereocenters. The van der Waals surface area contributed by atoms with Crippen LogP contribution < -0.4 is 15.8 Å². The van der Waals surface area contributed by atoms with Gasteiger partial charge in [0.15, 0.2) is 6.61 Å². The molecule has 0 unspecified atom stereocenters. The van der Waals surface area contributed by atoms with Crippen molar-refractivity contribution in [1.29, 1.82) is 0 Å². The van der Waals surface area contributed by atoms with Crippen molar-refractivity contribution in [2.24, 2.45) is 5.73 Å². The van der Waals surface area contributed by atoms with E-state index in [4.69, 9.17) is 15.2 Å². The van der Waals surface area contributed by atoms with Crippen LogP contribution in [0, 0.1) is 0 Å². The van der Waals surface area contributed by atoms with E-state index in [0.29, 0.717) is 6.54 Å². The van der Waals surface area contributed by atoms with Crippen molar-refractivity contribution in [2.75, 3.05) is 19.8 Å². The van der Waals surface area contributed by atoms with Crippen LogP contribution in [0.3, 0.4) is 0 Å². The smallest absolute Gasteiger partial charge is 0.286 e. The van der Waals surface area contributed by atoms with Gasteiger partial charge in [-0.2, -0.15) is 8.78 Å². The molecule has 0 fully saturated rings. The number of pyridine rings is 1. The molecule has 0 aliphatic heterocycles. The topological polar surface area (TPSA) is 86.5 Å². The van der Waals surface area contributed by atoms with Gasteiger partial charge in [-0.05, 0) is 12.1 Å². The van der Waals surface area contributed by atoms with Gasteiger partial charge < -0.3 is 20.5 Å². The molecule has 8 heteroatoms. The molecule has 0 radical (unpaired) electrons. The predicted octanol–water partition coefficient (Wildman–Crippen LogP) is 1.13. The number of carbonyl (C=O) groups is 1. The highest BCUT2D eigenvalue weighted by molar-refractivity contribution is 5.77. The fourth-order valence-corrected chi connectivity index (χ4v) is 1.30. The molecular formula is C13H17F2N3O3.